The van der Waals surface area contributed by atoms with E-state index in [9.17, 15) is 4.79 Å². The zero-order valence-corrected chi connectivity index (χ0v) is 14.7. The number of benzene rings is 1. The van der Waals surface area contributed by atoms with E-state index in [0.29, 0.717) is 0 Å². The molecule has 1 aromatic rings. The summed E-state index contributed by atoms with van der Waals surface area (Å²) in [6.07, 6.45) is 6.38. The van der Waals surface area contributed by atoms with Crippen molar-refractivity contribution in [3.05, 3.63) is 35.9 Å². The highest BCUT2D eigenvalue weighted by Gasteiger charge is 2.28. The van der Waals surface area contributed by atoms with Crippen molar-refractivity contribution in [1.29, 1.82) is 0 Å². The average Bonchev–Trinajstić information content (AvgIpc) is 2.60. The van der Waals surface area contributed by atoms with Gasteiger partial charge < -0.3 is 14.8 Å². The van der Waals surface area contributed by atoms with Gasteiger partial charge >= 0.3 is 5.97 Å². The fraction of sp³-hybridized carbons (Fsp3) is 0.632. The second-order valence-electron chi connectivity index (χ2n) is 5.86. The summed E-state index contributed by atoms with van der Waals surface area (Å²) in [5, 5.41) is 3.47. The SMILES string of the molecule is CCCCCCC[C@H](NCc1ccccc1)[C@H](OC)C(=O)OC. The minimum atomic E-state index is -0.560. The maximum absolute atomic E-state index is 11.9. The minimum Gasteiger partial charge on any atom is -0.467 e. The van der Waals surface area contributed by atoms with Gasteiger partial charge in [-0.1, -0.05) is 69.4 Å². The van der Waals surface area contributed by atoms with Crippen LogP contribution < -0.4 is 5.32 Å². The van der Waals surface area contributed by atoms with Crippen molar-refractivity contribution in [2.24, 2.45) is 0 Å². The van der Waals surface area contributed by atoms with Gasteiger partial charge in [0.05, 0.1) is 7.11 Å². The van der Waals surface area contributed by atoms with Crippen LogP contribution in [0.4, 0.5) is 0 Å². The summed E-state index contributed by atoms with van der Waals surface area (Å²) in [4.78, 5) is 11.9. The quantitative estimate of drug-likeness (QED) is 0.471. The molecule has 1 rings (SSSR count). The molecule has 4 nitrogen and oxygen atoms in total. The first-order valence-corrected chi connectivity index (χ1v) is 8.60. The van der Waals surface area contributed by atoms with E-state index in [0.717, 1.165) is 19.4 Å². The molecule has 4 heteroatoms. The maximum Gasteiger partial charge on any atom is 0.336 e. The third-order valence-corrected chi connectivity index (χ3v) is 4.08. The summed E-state index contributed by atoms with van der Waals surface area (Å²) in [6.45, 7) is 2.93. The topological polar surface area (TPSA) is 47.6 Å². The summed E-state index contributed by atoms with van der Waals surface area (Å²) >= 11 is 0. The van der Waals surface area contributed by atoms with Crippen molar-refractivity contribution >= 4 is 5.97 Å². The van der Waals surface area contributed by atoms with E-state index in [1.54, 1.807) is 7.11 Å². The highest BCUT2D eigenvalue weighted by molar-refractivity contribution is 5.75. The fourth-order valence-electron chi connectivity index (χ4n) is 2.71. The van der Waals surface area contributed by atoms with E-state index < -0.39 is 6.10 Å². The molecule has 23 heavy (non-hydrogen) atoms. The Kier molecular flexibility index (Phi) is 10.3. The van der Waals surface area contributed by atoms with Crippen LogP contribution in [0.15, 0.2) is 30.3 Å². The lowest BCUT2D eigenvalue weighted by molar-refractivity contribution is -0.154. The molecule has 1 N–H and O–H groups in total. The maximum atomic E-state index is 11.9. The number of esters is 1. The van der Waals surface area contributed by atoms with Crippen LogP contribution in [0.5, 0.6) is 0 Å². The van der Waals surface area contributed by atoms with Crippen molar-refractivity contribution in [1.82, 2.24) is 5.32 Å². The number of hydrogen-bond donors (Lipinski definition) is 1. The Labute approximate surface area is 140 Å². The first-order valence-electron chi connectivity index (χ1n) is 8.60. The molecule has 0 saturated heterocycles. The van der Waals surface area contributed by atoms with Crippen molar-refractivity contribution in [3.8, 4) is 0 Å². The Hall–Kier alpha value is -1.39. The molecule has 1 aromatic carbocycles. The molecule has 0 aliphatic carbocycles. The molecule has 0 spiro atoms. The smallest absolute Gasteiger partial charge is 0.336 e. The van der Waals surface area contributed by atoms with Gasteiger partial charge in [0.1, 0.15) is 0 Å². The standard InChI is InChI=1S/C19H31NO3/c1-4-5-6-7-11-14-17(18(22-2)19(21)23-3)20-15-16-12-9-8-10-13-16/h8-10,12-13,17-18,20H,4-7,11,14-15H2,1-3H3/t17-,18-/m0/s1. The van der Waals surface area contributed by atoms with Gasteiger partial charge in [0.25, 0.3) is 0 Å². The van der Waals surface area contributed by atoms with Gasteiger partial charge in [-0.2, -0.15) is 0 Å². The van der Waals surface area contributed by atoms with Crippen LogP contribution in [0, 0.1) is 0 Å². The number of unbranched alkanes of at least 4 members (excludes halogenated alkanes) is 4. The van der Waals surface area contributed by atoms with Gasteiger partial charge in [-0.25, -0.2) is 4.79 Å². The highest BCUT2D eigenvalue weighted by Crippen LogP contribution is 2.13. The summed E-state index contributed by atoms with van der Waals surface area (Å²) < 4.78 is 10.3. The molecule has 0 aliphatic rings. The number of nitrogens with one attached hydrogen (secondary N) is 1. The van der Waals surface area contributed by atoms with E-state index in [1.165, 1.54) is 38.4 Å². The second kappa shape index (κ2) is 12.1. The largest absolute Gasteiger partial charge is 0.467 e. The van der Waals surface area contributed by atoms with Crippen LogP contribution in [0.25, 0.3) is 0 Å². The van der Waals surface area contributed by atoms with Crippen molar-refractivity contribution in [3.63, 3.8) is 0 Å². The van der Waals surface area contributed by atoms with Crippen LogP contribution in [0.3, 0.4) is 0 Å². The summed E-state index contributed by atoms with van der Waals surface area (Å²) in [5.74, 6) is -0.313. The third kappa shape index (κ3) is 7.62. The highest BCUT2D eigenvalue weighted by atomic mass is 16.6. The summed E-state index contributed by atoms with van der Waals surface area (Å²) in [7, 11) is 2.97. The molecular weight excluding hydrogens is 290 g/mol. The fourth-order valence-corrected chi connectivity index (χ4v) is 2.71. The van der Waals surface area contributed by atoms with Crippen molar-refractivity contribution < 1.29 is 14.3 Å². The normalized spacial score (nSPS) is 13.5. The minimum absolute atomic E-state index is 0.0331. The van der Waals surface area contributed by atoms with Crippen molar-refractivity contribution in [2.75, 3.05) is 14.2 Å². The molecule has 2 atom stereocenters. The second-order valence-corrected chi connectivity index (χ2v) is 5.86. The number of methoxy groups -OCH3 is 2. The van der Waals surface area contributed by atoms with Gasteiger partial charge in [-0.15, -0.1) is 0 Å². The first-order chi connectivity index (χ1) is 11.2. The monoisotopic (exact) mass is 321 g/mol. The van der Waals surface area contributed by atoms with Crippen LogP contribution in [-0.4, -0.2) is 32.3 Å². The van der Waals surface area contributed by atoms with E-state index >= 15 is 0 Å². The van der Waals surface area contributed by atoms with E-state index in [1.807, 2.05) is 18.2 Å². The molecule has 0 aromatic heterocycles. The lowest BCUT2D eigenvalue weighted by atomic mass is 10.0. The Morgan fingerprint density at radius 2 is 1.78 bits per heavy atom. The van der Waals surface area contributed by atoms with Crippen LogP contribution >= 0.6 is 0 Å². The lowest BCUT2D eigenvalue weighted by Gasteiger charge is -2.25. The van der Waals surface area contributed by atoms with Gasteiger partial charge in [0, 0.05) is 19.7 Å². The number of carbonyl (C=O) groups is 1. The number of rotatable bonds is 12. The lowest BCUT2D eigenvalue weighted by Crippen LogP contribution is -2.45. The van der Waals surface area contributed by atoms with Crippen LogP contribution in [0.1, 0.15) is 51.0 Å². The Bertz CT molecular complexity index is 422. The predicted molar refractivity (Wildman–Crippen MR) is 93.3 cm³/mol. The van der Waals surface area contributed by atoms with Gasteiger partial charge in [-0.3, -0.25) is 0 Å². The van der Waals surface area contributed by atoms with Gasteiger partial charge in [0.15, 0.2) is 6.10 Å². The average molecular weight is 321 g/mol. The molecule has 0 amide bonds. The third-order valence-electron chi connectivity index (χ3n) is 4.08. The molecular formula is C19H31NO3. The van der Waals surface area contributed by atoms with Crippen molar-refractivity contribution in [2.45, 2.75) is 64.1 Å². The first kappa shape index (κ1) is 19.7. The Morgan fingerprint density at radius 3 is 2.39 bits per heavy atom. The van der Waals surface area contributed by atoms with Gasteiger partial charge in [0.2, 0.25) is 0 Å². The van der Waals surface area contributed by atoms with Gasteiger partial charge in [-0.05, 0) is 12.0 Å². The molecule has 0 aliphatic heterocycles. The zero-order chi connectivity index (χ0) is 16.9. The molecule has 130 valence electrons. The number of carbonyl (C=O) groups excluding carboxylic acids is 1. The molecule has 0 fully saturated rings. The van der Waals surface area contributed by atoms with Crippen LogP contribution in [0.2, 0.25) is 0 Å². The summed E-state index contributed by atoms with van der Waals surface area (Å²) in [5.41, 5.74) is 1.20. The molecule has 0 unspecified atom stereocenters. The Balaban J connectivity index is 2.57. The van der Waals surface area contributed by atoms with E-state index in [4.69, 9.17) is 9.47 Å². The molecule has 0 saturated carbocycles. The van der Waals surface area contributed by atoms with E-state index in [2.05, 4.69) is 24.4 Å². The molecule has 0 heterocycles. The predicted octanol–water partition coefficient (Wildman–Crippen LogP) is 3.69. The van der Waals surface area contributed by atoms with Crippen LogP contribution in [-0.2, 0) is 20.8 Å². The Morgan fingerprint density at radius 1 is 1.09 bits per heavy atom. The number of ether oxygens (including phenoxy) is 2. The molecule has 0 bridgehead atoms. The summed E-state index contributed by atoms with van der Waals surface area (Å²) in [6, 6.07) is 10.2. The molecule has 0 radical (unpaired) electrons. The van der Waals surface area contributed by atoms with E-state index in [-0.39, 0.29) is 12.0 Å². The zero-order valence-electron chi connectivity index (χ0n) is 14.7. The number of hydrogen-bond acceptors (Lipinski definition) is 4.